The van der Waals surface area contributed by atoms with Gasteiger partial charge in [-0.25, -0.2) is 5.43 Å². The lowest BCUT2D eigenvalue weighted by Gasteiger charge is -2.29. The van der Waals surface area contributed by atoms with Crippen molar-refractivity contribution in [2.45, 2.75) is 31.5 Å². The third kappa shape index (κ3) is 4.31. The fraction of sp³-hybridized carbons (Fsp3) is 0.444. The summed E-state index contributed by atoms with van der Waals surface area (Å²) < 4.78 is 39.3. The van der Waals surface area contributed by atoms with E-state index in [2.05, 4.69) is 10.5 Å². The van der Waals surface area contributed by atoms with Crippen LogP contribution in [0.1, 0.15) is 36.5 Å². The molecule has 2 heterocycles. The number of carbonyl (C=O) groups excluding carboxylic acids is 1. The molecule has 1 unspecified atom stereocenters. The van der Waals surface area contributed by atoms with Crippen LogP contribution in [0.25, 0.3) is 0 Å². The number of amides is 1. The van der Waals surface area contributed by atoms with E-state index in [4.69, 9.17) is 0 Å². The van der Waals surface area contributed by atoms with Gasteiger partial charge in [-0.3, -0.25) is 9.69 Å². The molecule has 140 valence electrons. The second-order valence-corrected chi connectivity index (χ2v) is 6.43. The van der Waals surface area contributed by atoms with Crippen LogP contribution in [0.2, 0.25) is 0 Å². The summed E-state index contributed by atoms with van der Waals surface area (Å²) in [5.74, 6) is -0.0989. The zero-order chi connectivity index (χ0) is 18.7. The number of aliphatic hydroxyl groups excluding tert-OH is 1. The van der Waals surface area contributed by atoms with Crippen LogP contribution in [0.15, 0.2) is 41.0 Å². The minimum Gasteiger partial charge on any atom is -0.387 e. The quantitative estimate of drug-likeness (QED) is 0.860. The smallest absolute Gasteiger partial charge is 0.387 e. The standard InChI is InChI=1S/C18H20F3N3O2/c19-18(20,21)14-4-2-1-3-13(14)16(25)11-24-9-7-12(8-10-24)15-5-6-17(26)23-22-15/h1-4,7,16,25H,5-6,8-11H2,(H,23,26). The van der Waals surface area contributed by atoms with Gasteiger partial charge in [0.2, 0.25) is 5.91 Å². The summed E-state index contributed by atoms with van der Waals surface area (Å²) in [6.45, 7) is 1.26. The summed E-state index contributed by atoms with van der Waals surface area (Å²) in [6, 6.07) is 5.12. The summed E-state index contributed by atoms with van der Waals surface area (Å²) >= 11 is 0. The number of hydrazone groups is 1. The lowest BCUT2D eigenvalue weighted by molar-refractivity contribution is -0.139. The minimum atomic E-state index is -4.49. The molecule has 2 N–H and O–H groups in total. The molecule has 0 spiro atoms. The van der Waals surface area contributed by atoms with Crippen LogP contribution >= 0.6 is 0 Å². The fourth-order valence-electron chi connectivity index (χ4n) is 3.23. The number of alkyl halides is 3. The summed E-state index contributed by atoms with van der Waals surface area (Å²) in [5, 5.41) is 14.4. The second kappa shape index (κ2) is 7.59. The molecule has 0 radical (unpaired) electrons. The van der Waals surface area contributed by atoms with Crippen molar-refractivity contribution >= 4 is 11.6 Å². The lowest BCUT2D eigenvalue weighted by atomic mass is 9.97. The fourth-order valence-corrected chi connectivity index (χ4v) is 3.23. The van der Waals surface area contributed by atoms with E-state index in [0.717, 1.165) is 17.4 Å². The van der Waals surface area contributed by atoms with Crippen LogP contribution < -0.4 is 5.43 Å². The van der Waals surface area contributed by atoms with Crippen molar-refractivity contribution in [3.63, 3.8) is 0 Å². The Morgan fingerprint density at radius 3 is 2.62 bits per heavy atom. The van der Waals surface area contributed by atoms with E-state index in [1.807, 2.05) is 11.0 Å². The van der Waals surface area contributed by atoms with Crippen LogP contribution in [0, 0.1) is 0 Å². The van der Waals surface area contributed by atoms with Crippen LogP contribution in [-0.2, 0) is 11.0 Å². The zero-order valence-corrected chi connectivity index (χ0v) is 14.1. The number of β-amino-alcohol motifs (C(OH)–C–C–N with tert-alkyl or cyclic N) is 1. The normalized spacial score (nSPS) is 20.2. The monoisotopic (exact) mass is 367 g/mol. The molecule has 1 aromatic carbocycles. The maximum atomic E-state index is 13.1. The molecule has 1 aromatic rings. The lowest BCUT2D eigenvalue weighted by Crippen LogP contribution is -2.35. The Morgan fingerprint density at radius 1 is 1.23 bits per heavy atom. The molecule has 5 nitrogen and oxygen atoms in total. The van der Waals surface area contributed by atoms with Crippen LogP contribution in [0.3, 0.4) is 0 Å². The van der Waals surface area contributed by atoms with Crippen LogP contribution in [0.4, 0.5) is 13.2 Å². The molecule has 0 saturated carbocycles. The summed E-state index contributed by atoms with van der Waals surface area (Å²) in [5.41, 5.74) is 3.46. The molecule has 3 rings (SSSR count). The predicted octanol–water partition coefficient (Wildman–Crippen LogP) is 2.64. The predicted molar refractivity (Wildman–Crippen MR) is 90.4 cm³/mol. The van der Waals surface area contributed by atoms with E-state index < -0.39 is 17.8 Å². The molecule has 8 heteroatoms. The maximum Gasteiger partial charge on any atom is 0.416 e. The van der Waals surface area contributed by atoms with Gasteiger partial charge in [0.25, 0.3) is 0 Å². The van der Waals surface area contributed by atoms with E-state index >= 15 is 0 Å². The molecule has 0 aromatic heterocycles. The number of aliphatic hydroxyl groups is 1. The topological polar surface area (TPSA) is 64.9 Å². The molecule has 2 aliphatic rings. The highest BCUT2D eigenvalue weighted by molar-refractivity contribution is 6.03. The van der Waals surface area contributed by atoms with Crippen molar-refractivity contribution in [3.8, 4) is 0 Å². The highest BCUT2D eigenvalue weighted by atomic mass is 19.4. The average Bonchev–Trinajstić information content (AvgIpc) is 2.62. The number of rotatable bonds is 4. The van der Waals surface area contributed by atoms with Crippen molar-refractivity contribution in [2.24, 2.45) is 5.10 Å². The van der Waals surface area contributed by atoms with Gasteiger partial charge in [-0.05, 0) is 23.6 Å². The molecular weight excluding hydrogens is 347 g/mol. The van der Waals surface area contributed by atoms with E-state index in [1.54, 1.807) is 0 Å². The first-order valence-corrected chi connectivity index (χ1v) is 8.46. The third-order valence-corrected chi connectivity index (χ3v) is 4.62. The summed E-state index contributed by atoms with van der Waals surface area (Å²) in [4.78, 5) is 13.0. The Hall–Kier alpha value is -2.19. The van der Waals surface area contributed by atoms with Crippen molar-refractivity contribution in [2.75, 3.05) is 19.6 Å². The van der Waals surface area contributed by atoms with Crippen molar-refractivity contribution in [1.82, 2.24) is 10.3 Å². The number of carbonyl (C=O) groups is 1. The summed E-state index contributed by atoms with van der Waals surface area (Å²) in [6.07, 6.45) is -2.05. The molecule has 1 amide bonds. The van der Waals surface area contributed by atoms with Gasteiger partial charge in [0.15, 0.2) is 0 Å². The molecule has 0 saturated heterocycles. The van der Waals surface area contributed by atoms with E-state index in [-0.39, 0.29) is 18.0 Å². The maximum absolute atomic E-state index is 13.1. The Bertz CT molecular complexity index is 743. The molecular formula is C18H20F3N3O2. The summed E-state index contributed by atoms with van der Waals surface area (Å²) in [7, 11) is 0. The number of benzene rings is 1. The molecule has 0 fully saturated rings. The molecule has 1 atom stereocenters. The minimum absolute atomic E-state index is 0.0989. The molecule has 0 aliphatic carbocycles. The zero-order valence-electron chi connectivity index (χ0n) is 14.1. The Labute approximate surface area is 149 Å². The van der Waals surface area contributed by atoms with Crippen LogP contribution in [-0.4, -0.2) is 41.3 Å². The van der Waals surface area contributed by atoms with Gasteiger partial charge in [-0.2, -0.15) is 18.3 Å². The first kappa shape index (κ1) is 18.6. The van der Waals surface area contributed by atoms with Crippen LogP contribution in [0.5, 0.6) is 0 Å². The third-order valence-electron chi connectivity index (χ3n) is 4.62. The molecule has 2 aliphatic heterocycles. The van der Waals surface area contributed by atoms with E-state index in [1.165, 1.54) is 18.2 Å². The van der Waals surface area contributed by atoms with E-state index in [9.17, 15) is 23.1 Å². The van der Waals surface area contributed by atoms with E-state index in [0.29, 0.717) is 32.4 Å². The molecule has 0 bridgehead atoms. The first-order chi connectivity index (χ1) is 12.3. The van der Waals surface area contributed by atoms with Crippen molar-refractivity contribution < 1.29 is 23.1 Å². The largest absolute Gasteiger partial charge is 0.416 e. The number of hydrogen-bond donors (Lipinski definition) is 2. The van der Waals surface area contributed by atoms with Crippen molar-refractivity contribution in [3.05, 3.63) is 47.0 Å². The number of hydrogen-bond acceptors (Lipinski definition) is 4. The van der Waals surface area contributed by atoms with Crippen molar-refractivity contribution in [1.29, 1.82) is 0 Å². The highest BCUT2D eigenvalue weighted by Crippen LogP contribution is 2.34. The number of nitrogens with zero attached hydrogens (tertiary/aromatic N) is 2. The van der Waals surface area contributed by atoms with Gasteiger partial charge in [-0.1, -0.05) is 24.3 Å². The first-order valence-electron chi connectivity index (χ1n) is 8.46. The Kier molecular flexibility index (Phi) is 5.43. The second-order valence-electron chi connectivity index (χ2n) is 6.43. The van der Waals surface area contributed by atoms with Gasteiger partial charge in [0, 0.05) is 32.5 Å². The van der Waals surface area contributed by atoms with Gasteiger partial charge < -0.3 is 5.11 Å². The SMILES string of the molecule is O=C1CCC(C2=CCN(CC(O)c3ccccc3C(F)(F)F)CC2)=NN1. The Balaban J connectivity index is 1.64. The Morgan fingerprint density at radius 2 is 2.00 bits per heavy atom. The number of nitrogens with one attached hydrogen (secondary N) is 1. The molecule has 26 heavy (non-hydrogen) atoms. The van der Waals surface area contributed by atoms with Gasteiger partial charge in [-0.15, -0.1) is 0 Å². The average molecular weight is 367 g/mol. The number of halogens is 3. The highest BCUT2D eigenvalue weighted by Gasteiger charge is 2.35. The van der Waals surface area contributed by atoms with Gasteiger partial charge >= 0.3 is 6.18 Å². The van der Waals surface area contributed by atoms with Gasteiger partial charge in [0.1, 0.15) is 0 Å². The van der Waals surface area contributed by atoms with Gasteiger partial charge in [0.05, 0.1) is 17.4 Å².